The third-order valence-corrected chi connectivity index (χ3v) is 0. The summed E-state index contributed by atoms with van der Waals surface area (Å²) >= 11 is -2.14. The topological polar surface area (TPSA) is 40.5 Å². The van der Waals surface area contributed by atoms with Gasteiger partial charge in [0.2, 0.25) is 0 Å². The first-order chi connectivity index (χ1) is 1.73. The van der Waals surface area contributed by atoms with Crippen molar-refractivity contribution in [1.29, 1.82) is 0 Å². The maximum atomic E-state index is 7.75. The third kappa shape index (κ3) is 30.8. The van der Waals surface area contributed by atoms with Crippen molar-refractivity contribution in [3.05, 3.63) is 0 Å². The predicted molar refractivity (Wildman–Crippen MR) is 23.2 cm³/mol. The van der Waals surface area contributed by atoms with Crippen LogP contribution in [0.5, 0.6) is 0 Å². The van der Waals surface area contributed by atoms with Crippen LogP contribution in [0.3, 0.4) is 0 Å². The van der Waals surface area contributed by atoms with Crippen LogP contribution in [0, 0.1) is 0 Å². The van der Waals surface area contributed by atoms with Crippen molar-refractivity contribution < 1.29 is 8.32 Å². The van der Waals surface area contributed by atoms with Crippen LogP contribution in [0.1, 0.15) is 0 Å². The van der Waals surface area contributed by atoms with Gasteiger partial charge in [-0.25, -0.2) is 0 Å². The van der Waals surface area contributed by atoms with E-state index < -0.39 is 14.8 Å². The number of rotatable bonds is 0. The Labute approximate surface area is 58.2 Å². The van der Waals surface area contributed by atoms with E-state index in [9.17, 15) is 0 Å². The van der Waals surface area contributed by atoms with Crippen molar-refractivity contribution in [3.63, 3.8) is 0 Å². The summed E-state index contributed by atoms with van der Waals surface area (Å²) in [6, 6.07) is 0. The predicted octanol–water partition coefficient (Wildman–Crippen LogP) is -1.56. The maximum absolute atomic E-state index is 7.75. The average molecular weight is 100 g/mol. The summed E-state index contributed by atoms with van der Waals surface area (Å²) in [6.45, 7) is 0. The van der Waals surface area contributed by atoms with Gasteiger partial charge in [-0.3, -0.25) is 0 Å². The Kier molecular flexibility index (Phi) is 10.6. The third-order valence-electron chi connectivity index (χ3n) is 0. The first-order valence-electron chi connectivity index (χ1n) is 1.09. The number of hydrogen-bond donors (Lipinski definition) is 2. The van der Waals surface area contributed by atoms with Crippen molar-refractivity contribution in [2.75, 3.05) is 0 Å². The molecule has 0 unspecified atom stereocenters. The van der Waals surface area contributed by atoms with E-state index in [-0.39, 0.29) is 29.6 Å². The van der Waals surface area contributed by atoms with E-state index in [1.807, 2.05) is 0 Å². The Morgan fingerprint density at radius 2 is 1.40 bits per heavy atom. The first-order valence-corrected chi connectivity index (χ1v) is 3.28. The molecule has 0 rings (SSSR count). The SMILES string of the molecule is [CH3][Al]([OH])[OH].[NaH]. The molecule has 0 bridgehead atoms. The molecule has 0 spiro atoms. The van der Waals surface area contributed by atoms with Crippen LogP contribution < -0.4 is 0 Å². The standard InChI is InChI=1S/CH3.Al.Na.2H2O.H/h1H3;;;2*1H2;/q;+2;;;;/p-2. The van der Waals surface area contributed by atoms with Gasteiger partial charge in [-0.15, -0.1) is 0 Å². The van der Waals surface area contributed by atoms with Crippen molar-refractivity contribution in [3.8, 4) is 0 Å². The summed E-state index contributed by atoms with van der Waals surface area (Å²) in [4.78, 5) is 0. The molecule has 0 aromatic carbocycles. The van der Waals surface area contributed by atoms with Crippen LogP contribution in [-0.2, 0) is 0 Å². The van der Waals surface area contributed by atoms with E-state index in [0.717, 1.165) is 0 Å². The van der Waals surface area contributed by atoms with Crippen molar-refractivity contribution >= 4 is 44.4 Å². The molecule has 2 nitrogen and oxygen atoms in total. The molecule has 0 atom stereocenters. The molecule has 0 aliphatic carbocycles. The van der Waals surface area contributed by atoms with Crippen LogP contribution in [0.2, 0.25) is 5.79 Å². The molecule has 0 radical (unpaired) electrons. The zero-order chi connectivity index (χ0) is 3.58. The molecule has 0 saturated heterocycles. The molecule has 0 saturated carbocycles. The van der Waals surface area contributed by atoms with Crippen LogP contribution in [0.15, 0.2) is 0 Å². The van der Waals surface area contributed by atoms with E-state index in [1.165, 1.54) is 5.79 Å². The van der Waals surface area contributed by atoms with E-state index in [4.69, 9.17) is 8.32 Å². The zero-order valence-electron chi connectivity index (χ0n) is 2.47. The zero-order valence-corrected chi connectivity index (χ0v) is 3.63. The van der Waals surface area contributed by atoms with Gasteiger partial charge in [0.25, 0.3) is 0 Å². The van der Waals surface area contributed by atoms with Crippen molar-refractivity contribution in [1.82, 2.24) is 0 Å². The summed E-state index contributed by atoms with van der Waals surface area (Å²) in [5.41, 5.74) is 0. The van der Waals surface area contributed by atoms with Gasteiger partial charge in [0.1, 0.15) is 0 Å². The van der Waals surface area contributed by atoms with Gasteiger partial charge in [-0.05, 0) is 0 Å². The Bertz CT molecular complexity index is 14.4. The van der Waals surface area contributed by atoms with Gasteiger partial charge in [0.15, 0.2) is 0 Å². The molecule has 0 amide bonds. The first kappa shape index (κ1) is 9.68. The second-order valence-corrected chi connectivity index (χ2v) is 1.90. The Balaban J connectivity index is 0. The molecule has 0 fully saturated rings. The molecule has 0 aliphatic heterocycles. The summed E-state index contributed by atoms with van der Waals surface area (Å²) < 4.78 is 15.5. The van der Waals surface area contributed by atoms with Crippen molar-refractivity contribution in [2.24, 2.45) is 0 Å². The van der Waals surface area contributed by atoms with Gasteiger partial charge in [-0.1, -0.05) is 5.79 Å². The molecule has 4 heteroatoms. The molecule has 26 valence electrons. The molecule has 0 aromatic heterocycles. The Morgan fingerprint density at radius 1 is 1.40 bits per heavy atom. The van der Waals surface area contributed by atoms with Crippen LogP contribution >= 0.6 is 0 Å². The van der Waals surface area contributed by atoms with Gasteiger partial charge < -0.3 is 8.32 Å². The quantitative estimate of drug-likeness (QED) is 0.361. The summed E-state index contributed by atoms with van der Waals surface area (Å²) in [7, 11) is 0. The molecule has 2 N–H and O–H groups in total. The normalized spacial score (nSPS) is 5.40. The van der Waals surface area contributed by atoms with Gasteiger partial charge in [0.05, 0.1) is 0 Å². The Morgan fingerprint density at radius 3 is 1.40 bits per heavy atom. The summed E-state index contributed by atoms with van der Waals surface area (Å²) in [6.07, 6.45) is 0. The minimum atomic E-state index is -2.14. The molecular weight excluding hydrogens is 94.0 g/mol. The van der Waals surface area contributed by atoms with E-state index in [0.29, 0.717) is 0 Å². The molecular formula is CH6AlNaO2. The Hall–Kier alpha value is 1.45. The van der Waals surface area contributed by atoms with Gasteiger partial charge in [-0.2, -0.15) is 0 Å². The molecule has 0 heterocycles. The van der Waals surface area contributed by atoms with E-state index >= 15 is 0 Å². The van der Waals surface area contributed by atoms with Crippen LogP contribution in [0.4, 0.5) is 0 Å². The van der Waals surface area contributed by atoms with Crippen molar-refractivity contribution in [2.45, 2.75) is 5.79 Å². The summed E-state index contributed by atoms with van der Waals surface area (Å²) in [5.74, 6) is 1.42. The average Bonchev–Trinajstić information content (AvgIpc) is 0.811. The summed E-state index contributed by atoms with van der Waals surface area (Å²) in [5, 5.41) is 0. The van der Waals surface area contributed by atoms with E-state index in [1.54, 1.807) is 0 Å². The van der Waals surface area contributed by atoms with Crippen LogP contribution in [-0.4, -0.2) is 52.7 Å². The van der Waals surface area contributed by atoms with Gasteiger partial charge >= 0.3 is 44.4 Å². The van der Waals surface area contributed by atoms with E-state index in [2.05, 4.69) is 0 Å². The fraction of sp³-hybridized carbons (Fsp3) is 1.00. The fourth-order valence-electron chi connectivity index (χ4n) is 0. The molecule has 5 heavy (non-hydrogen) atoms. The molecule has 0 aromatic rings. The number of hydrogen-bond acceptors (Lipinski definition) is 2. The monoisotopic (exact) mass is 100 g/mol. The van der Waals surface area contributed by atoms with Crippen LogP contribution in [0.25, 0.3) is 0 Å². The minimum absolute atomic E-state index is 0. The molecule has 0 aliphatic rings. The van der Waals surface area contributed by atoms with Gasteiger partial charge in [0, 0.05) is 0 Å². The second-order valence-electron chi connectivity index (χ2n) is 0.632. The second kappa shape index (κ2) is 5.45. The fourth-order valence-corrected chi connectivity index (χ4v) is 0.